The van der Waals surface area contributed by atoms with Gasteiger partial charge in [-0.25, -0.2) is 4.79 Å². The number of rotatable bonds is 6. The van der Waals surface area contributed by atoms with E-state index >= 15 is 0 Å². The molecule has 1 amide bonds. The van der Waals surface area contributed by atoms with Gasteiger partial charge in [0.25, 0.3) is 5.91 Å². The third-order valence-corrected chi connectivity index (χ3v) is 4.02. The molecule has 0 saturated carbocycles. The van der Waals surface area contributed by atoms with Crippen LogP contribution in [0.1, 0.15) is 27.0 Å². The van der Waals surface area contributed by atoms with Gasteiger partial charge < -0.3 is 19.5 Å². The van der Waals surface area contributed by atoms with Crippen LogP contribution < -0.4 is 4.74 Å². The first-order valence-electron chi connectivity index (χ1n) is 7.91. The zero-order chi connectivity index (χ0) is 17.8. The van der Waals surface area contributed by atoms with Crippen molar-refractivity contribution in [2.45, 2.75) is 19.8 Å². The molecule has 2 aromatic carbocycles. The molecule has 0 spiro atoms. The van der Waals surface area contributed by atoms with E-state index in [2.05, 4.69) is 0 Å². The smallest absolute Gasteiger partial charge is 0.341 e. The highest BCUT2D eigenvalue weighted by Crippen LogP contribution is 2.22. The van der Waals surface area contributed by atoms with Crippen LogP contribution >= 0.6 is 0 Å². The first kappa shape index (κ1) is 17.0. The molecule has 1 aliphatic rings. The van der Waals surface area contributed by atoms with Crippen LogP contribution in [-0.4, -0.2) is 35.5 Å². The van der Waals surface area contributed by atoms with E-state index in [4.69, 9.17) is 14.6 Å². The minimum atomic E-state index is -1.02. The highest BCUT2D eigenvalue weighted by Gasteiger charge is 2.17. The van der Waals surface area contributed by atoms with Gasteiger partial charge in [-0.05, 0) is 41.0 Å². The summed E-state index contributed by atoms with van der Waals surface area (Å²) in [5, 5.41) is 8.60. The van der Waals surface area contributed by atoms with Crippen molar-refractivity contribution in [3.05, 3.63) is 64.7 Å². The average Bonchev–Trinajstić information content (AvgIpc) is 3.08. The van der Waals surface area contributed by atoms with E-state index in [0.717, 1.165) is 16.7 Å². The molecule has 130 valence electrons. The number of ether oxygens (including phenoxy) is 2. The number of hydrogen-bond acceptors (Lipinski definition) is 4. The molecule has 1 N–H and O–H groups in total. The van der Waals surface area contributed by atoms with E-state index in [1.54, 1.807) is 24.1 Å². The van der Waals surface area contributed by atoms with Crippen LogP contribution in [-0.2, 0) is 29.3 Å². The third kappa shape index (κ3) is 4.16. The van der Waals surface area contributed by atoms with E-state index in [-0.39, 0.29) is 12.5 Å². The van der Waals surface area contributed by atoms with Crippen molar-refractivity contribution < 1.29 is 24.2 Å². The van der Waals surface area contributed by atoms with Crippen LogP contribution in [0.25, 0.3) is 0 Å². The fourth-order valence-corrected chi connectivity index (χ4v) is 2.71. The van der Waals surface area contributed by atoms with Gasteiger partial charge in [0.1, 0.15) is 5.75 Å². The molecule has 0 aliphatic carbocycles. The lowest BCUT2D eigenvalue weighted by Crippen LogP contribution is -2.26. The van der Waals surface area contributed by atoms with Gasteiger partial charge >= 0.3 is 5.97 Å². The first-order chi connectivity index (χ1) is 12.0. The lowest BCUT2D eigenvalue weighted by molar-refractivity contribution is -0.139. The molecular formula is C19H19NO5. The number of amides is 1. The maximum atomic E-state index is 12.6. The van der Waals surface area contributed by atoms with Crippen molar-refractivity contribution >= 4 is 11.9 Å². The molecule has 6 heteroatoms. The molecule has 2 aromatic rings. The summed E-state index contributed by atoms with van der Waals surface area (Å²) in [5.41, 5.74) is 3.78. The summed E-state index contributed by atoms with van der Waals surface area (Å²) in [5.74, 6) is -0.589. The van der Waals surface area contributed by atoms with Gasteiger partial charge in [0.2, 0.25) is 0 Å². The second-order valence-corrected chi connectivity index (χ2v) is 5.96. The lowest BCUT2D eigenvalue weighted by atomic mass is 10.1. The zero-order valence-corrected chi connectivity index (χ0v) is 13.9. The molecule has 3 rings (SSSR count). The maximum Gasteiger partial charge on any atom is 0.341 e. The summed E-state index contributed by atoms with van der Waals surface area (Å²) in [6.45, 7) is 1.24. The van der Waals surface area contributed by atoms with Crippen LogP contribution in [0, 0.1) is 0 Å². The largest absolute Gasteiger partial charge is 0.482 e. The molecule has 0 atom stereocenters. The summed E-state index contributed by atoms with van der Waals surface area (Å²) in [6.07, 6.45) is 0. The lowest BCUT2D eigenvalue weighted by Gasteiger charge is -2.18. The molecule has 0 unspecified atom stereocenters. The van der Waals surface area contributed by atoms with E-state index in [0.29, 0.717) is 31.1 Å². The summed E-state index contributed by atoms with van der Waals surface area (Å²) in [7, 11) is 1.75. The summed E-state index contributed by atoms with van der Waals surface area (Å²) >= 11 is 0. The van der Waals surface area contributed by atoms with Gasteiger partial charge in [0, 0.05) is 19.2 Å². The second-order valence-electron chi connectivity index (χ2n) is 5.96. The zero-order valence-electron chi connectivity index (χ0n) is 13.9. The van der Waals surface area contributed by atoms with Gasteiger partial charge in [-0.15, -0.1) is 0 Å². The van der Waals surface area contributed by atoms with Crippen molar-refractivity contribution in [2.24, 2.45) is 0 Å². The monoisotopic (exact) mass is 341 g/mol. The standard InChI is InChI=1S/C19H19NO5/c1-20(9-13-2-6-17(7-3-13)25-12-18(21)22)19(23)14-4-5-15-10-24-11-16(15)8-14/h2-8H,9-12H2,1H3,(H,21,22). The van der Waals surface area contributed by atoms with Crippen molar-refractivity contribution in [3.63, 3.8) is 0 Å². The van der Waals surface area contributed by atoms with Crippen LogP contribution in [0.5, 0.6) is 5.75 Å². The molecule has 0 aromatic heterocycles. The summed E-state index contributed by atoms with van der Waals surface area (Å²) in [6, 6.07) is 12.7. The van der Waals surface area contributed by atoms with Gasteiger partial charge in [0.15, 0.2) is 6.61 Å². The van der Waals surface area contributed by atoms with Crippen LogP contribution in [0.15, 0.2) is 42.5 Å². The topological polar surface area (TPSA) is 76.1 Å². The third-order valence-electron chi connectivity index (χ3n) is 4.02. The van der Waals surface area contributed by atoms with Crippen molar-refractivity contribution in [1.82, 2.24) is 4.90 Å². The molecular weight excluding hydrogens is 322 g/mol. The van der Waals surface area contributed by atoms with E-state index < -0.39 is 5.97 Å². The number of fused-ring (bicyclic) bond motifs is 1. The van der Waals surface area contributed by atoms with Gasteiger partial charge in [-0.1, -0.05) is 18.2 Å². The Kier molecular flexibility index (Phi) is 5.00. The second kappa shape index (κ2) is 7.36. The molecule has 0 bridgehead atoms. The normalized spacial score (nSPS) is 12.5. The number of carboxylic acid groups (broad SMARTS) is 1. The minimum absolute atomic E-state index is 0.0547. The molecule has 1 aliphatic heterocycles. The van der Waals surface area contributed by atoms with Crippen molar-refractivity contribution in [1.29, 1.82) is 0 Å². The number of carbonyl (C=O) groups excluding carboxylic acids is 1. The number of hydrogen-bond donors (Lipinski definition) is 1. The predicted molar refractivity (Wildman–Crippen MR) is 90.3 cm³/mol. The Hall–Kier alpha value is -2.86. The Labute approximate surface area is 145 Å². The van der Waals surface area contributed by atoms with E-state index in [1.807, 2.05) is 30.3 Å². The fraction of sp³-hybridized carbons (Fsp3) is 0.263. The van der Waals surface area contributed by atoms with Crippen LogP contribution in [0.4, 0.5) is 0 Å². The Morgan fingerprint density at radius 3 is 2.56 bits per heavy atom. The number of carbonyl (C=O) groups is 2. The minimum Gasteiger partial charge on any atom is -0.482 e. The molecule has 6 nitrogen and oxygen atoms in total. The number of carboxylic acids is 1. The number of benzene rings is 2. The molecule has 0 fully saturated rings. The Morgan fingerprint density at radius 2 is 1.84 bits per heavy atom. The number of nitrogens with zero attached hydrogens (tertiary/aromatic N) is 1. The molecule has 25 heavy (non-hydrogen) atoms. The van der Waals surface area contributed by atoms with Crippen LogP contribution in [0.2, 0.25) is 0 Å². The van der Waals surface area contributed by atoms with E-state index in [1.165, 1.54) is 0 Å². The van der Waals surface area contributed by atoms with Gasteiger partial charge in [-0.3, -0.25) is 4.79 Å². The average molecular weight is 341 g/mol. The predicted octanol–water partition coefficient (Wildman–Crippen LogP) is 2.45. The fourth-order valence-electron chi connectivity index (χ4n) is 2.71. The Balaban J connectivity index is 1.62. The first-order valence-corrected chi connectivity index (χ1v) is 7.91. The SMILES string of the molecule is CN(Cc1ccc(OCC(=O)O)cc1)C(=O)c1ccc2c(c1)COC2. The van der Waals surface area contributed by atoms with Gasteiger partial charge in [0.05, 0.1) is 13.2 Å². The molecule has 0 saturated heterocycles. The summed E-state index contributed by atoms with van der Waals surface area (Å²) < 4.78 is 10.5. The van der Waals surface area contributed by atoms with E-state index in [9.17, 15) is 9.59 Å². The Bertz CT molecular complexity index is 785. The quantitative estimate of drug-likeness (QED) is 0.873. The maximum absolute atomic E-state index is 12.6. The Morgan fingerprint density at radius 1 is 1.12 bits per heavy atom. The summed E-state index contributed by atoms with van der Waals surface area (Å²) in [4.78, 5) is 24.7. The highest BCUT2D eigenvalue weighted by molar-refractivity contribution is 5.94. The van der Waals surface area contributed by atoms with Crippen LogP contribution in [0.3, 0.4) is 0 Å². The van der Waals surface area contributed by atoms with Gasteiger partial charge in [-0.2, -0.15) is 0 Å². The van der Waals surface area contributed by atoms with Crippen molar-refractivity contribution in [3.8, 4) is 5.75 Å². The number of aliphatic carboxylic acids is 1. The molecule has 0 radical (unpaired) electrons. The molecule has 1 heterocycles. The van der Waals surface area contributed by atoms with Crippen molar-refractivity contribution in [2.75, 3.05) is 13.7 Å². The highest BCUT2D eigenvalue weighted by atomic mass is 16.5.